The Bertz CT molecular complexity index is 343. The molecule has 1 aliphatic carbocycles. The third kappa shape index (κ3) is 3.55. The molecule has 0 spiro atoms. The van der Waals surface area contributed by atoms with Gasteiger partial charge in [0.05, 0.1) is 0 Å². The van der Waals surface area contributed by atoms with Crippen LogP contribution < -0.4 is 11.1 Å². The van der Waals surface area contributed by atoms with Crippen molar-refractivity contribution >= 4 is 0 Å². The van der Waals surface area contributed by atoms with Gasteiger partial charge in [-0.15, -0.1) is 0 Å². The van der Waals surface area contributed by atoms with Crippen molar-refractivity contribution in [2.24, 2.45) is 5.73 Å². The predicted molar refractivity (Wildman–Crippen MR) is 73.2 cm³/mol. The average Bonchev–Trinajstić information content (AvgIpc) is 2.26. The van der Waals surface area contributed by atoms with Crippen LogP contribution in [0, 0.1) is 6.92 Å². The summed E-state index contributed by atoms with van der Waals surface area (Å²) in [6, 6.07) is 9.67. The van der Waals surface area contributed by atoms with E-state index >= 15 is 0 Å². The molecule has 0 aromatic heterocycles. The van der Waals surface area contributed by atoms with E-state index in [0.29, 0.717) is 0 Å². The second-order valence-electron chi connectivity index (χ2n) is 5.23. The van der Waals surface area contributed by atoms with Gasteiger partial charge in [0.25, 0.3) is 0 Å². The summed E-state index contributed by atoms with van der Waals surface area (Å²) in [5, 5.41) is 3.61. The number of nitrogens with two attached hydrogens (primary N) is 1. The van der Waals surface area contributed by atoms with Gasteiger partial charge in [-0.1, -0.05) is 29.8 Å². The molecular weight excluding hydrogens is 208 g/mol. The monoisotopic (exact) mass is 232 g/mol. The summed E-state index contributed by atoms with van der Waals surface area (Å²) in [6.07, 6.45) is 4.95. The van der Waals surface area contributed by atoms with E-state index in [-0.39, 0.29) is 0 Å². The maximum atomic E-state index is 5.48. The van der Waals surface area contributed by atoms with Gasteiger partial charge in [-0.3, -0.25) is 0 Å². The zero-order valence-corrected chi connectivity index (χ0v) is 10.8. The summed E-state index contributed by atoms with van der Waals surface area (Å²) in [5.41, 5.74) is 8.37. The second-order valence-corrected chi connectivity index (χ2v) is 5.23. The van der Waals surface area contributed by atoms with E-state index < -0.39 is 0 Å². The first-order chi connectivity index (χ1) is 8.29. The fourth-order valence-corrected chi connectivity index (χ4v) is 2.56. The van der Waals surface area contributed by atoms with Crippen molar-refractivity contribution in [3.05, 3.63) is 35.4 Å². The summed E-state index contributed by atoms with van der Waals surface area (Å²) in [7, 11) is 0. The largest absolute Gasteiger partial charge is 0.330 e. The minimum atomic E-state index is 0.735. The van der Waals surface area contributed by atoms with Crippen molar-refractivity contribution < 1.29 is 0 Å². The topological polar surface area (TPSA) is 38.0 Å². The molecule has 0 atom stereocenters. The lowest BCUT2D eigenvalue weighted by Gasteiger charge is -2.36. The third-order valence-electron chi connectivity index (χ3n) is 3.72. The summed E-state index contributed by atoms with van der Waals surface area (Å²) in [6.45, 7) is 4.12. The molecular formula is C15H24N2. The molecule has 1 saturated carbocycles. The first-order valence-corrected chi connectivity index (χ1v) is 6.79. The Hall–Kier alpha value is -0.860. The lowest BCUT2D eigenvalue weighted by molar-refractivity contribution is 0.290. The molecule has 1 aliphatic rings. The molecule has 0 saturated heterocycles. The Morgan fingerprint density at radius 3 is 2.82 bits per heavy atom. The maximum absolute atomic E-state index is 5.48. The van der Waals surface area contributed by atoms with E-state index in [9.17, 15) is 0 Å². The van der Waals surface area contributed by atoms with Crippen LogP contribution in [0.5, 0.6) is 0 Å². The van der Waals surface area contributed by atoms with Crippen molar-refractivity contribution in [2.75, 3.05) is 13.1 Å². The highest BCUT2D eigenvalue weighted by atomic mass is 14.9. The van der Waals surface area contributed by atoms with Gasteiger partial charge < -0.3 is 11.1 Å². The van der Waals surface area contributed by atoms with Crippen LogP contribution >= 0.6 is 0 Å². The Balaban J connectivity index is 1.68. The fourth-order valence-electron chi connectivity index (χ4n) is 2.56. The van der Waals surface area contributed by atoms with E-state index in [2.05, 4.69) is 36.5 Å². The Morgan fingerprint density at radius 1 is 1.29 bits per heavy atom. The van der Waals surface area contributed by atoms with Crippen LogP contribution in [0.1, 0.15) is 42.7 Å². The molecule has 0 amide bonds. The summed E-state index contributed by atoms with van der Waals surface area (Å²) < 4.78 is 0. The molecule has 2 heteroatoms. The van der Waals surface area contributed by atoms with Crippen molar-refractivity contribution in [3.8, 4) is 0 Å². The lowest BCUT2D eigenvalue weighted by Crippen LogP contribution is -2.40. The molecule has 0 unspecified atom stereocenters. The number of rotatable bonds is 6. The van der Waals surface area contributed by atoms with Crippen LogP contribution in [-0.4, -0.2) is 19.1 Å². The van der Waals surface area contributed by atoms with E-state index in [4.69, 9.17) is 5.73 Å². The lowest BCUT2D eigenvalue weighted by atomic mass is 9.75. The number of hydrogen-bond donors (Lipinski definition) is 2. The van der Waals surface area contributed by atoms with Crippen LogP contribution in [0.2, 0.25) is 0 Å². The molecule has 0 aliphatic heterocycles. The molecule has 0 bridgehead atoms. The maximum Gasteiger partial charge on any atom is 0.00787 e. The summed E-state index contributed by atoms with van der Waals surface area (Å²) in [4.78, 5) is 0. The van der Waals surface area contributed by atoms with E-state index in [1.807, 2.05) is 0 Å². The van der Waals surface area contributed by atoms with Gasteiger partial charge in [-0.2, -0.15) is 0 Å². The van der Waals surface area contributed by atoms with E-state index in [1.165, 1.54) is 30.4 Å². The Morgan fingerprint density at radius 2 is 2.12 bits per heavy atom. The number of benzene rings is 1. The van der Waals surface area contributed by atoms with Crippen LogP contribution in [-0.2, 0) is 0 Å². The first-order valence-electron chi connectivity index (χ1n) is 6.79. The number of hydrogen-bond acceptors (Lipinski definition) is 2. The van der Waals surface area contributed by atoms with Crippen LogP contribution in [0.3, 0.4) is 0 Å². The van der Waals surface area contributed by atoms with Gasteiger partial charge in [-0.05, 0) is 57.2 Å². The predicted octanol–water partition coefficient (Wildman–Crippen LogP) is 2.57. The average molecular weight is 232 g/mol. The Kier molecular flexibility index (Phi) is 4.57. The minimum absolute atomic E-state index is 0.735. The molecule has 1 fully saturated rings. The number of aryl methyl sites for hydroxylation is 1. The minimum Gasteiger partial charge on any atom is -0.330 e. The van der Waals surface area contributed by atoms with Gasteiger partial charge in [0.1, 0.15) is 0 Å². The second kappa shape index (κ2) is 6.18. The third-order valence-corrected chi connectivity index (χ3v) is 3.72. The highest BCUT2D eigenvalue weighted by Gasteiger charge is 2.29. The van der Waals surface area contributed by atoms with Gasteiger partial charge >= 0.3 is 0 Å². The molecule has 1 aromatic carbocycles. The molecule has 0 radical (unpaired) electrons. The normalized spacial score (nSPS) is 23.4. The van der Waals surface area contributed by atoms with Gasteiger partial charge in [0.15, 0.2) is 0 Å². The van der Waals surface area contributed by atoms with E-state index in [1.54, 1.807) is 0 Å². The fraction of sp³-hybridized carbons (Fsp3) is 0.600. The highest BCUT2D eigenvalue weighted by Crippen LogP contribution is 2.36. The first kappa shape index (κ1) is 12.6. The zero-order valence-electron chi connectivity index (χ0n) is 10.8. The zero-order chi connectivity index (χ0) is 12.1. The van der Waals surface area contributed by atoms with Gasteiger partial charge in [0.2, 0.25) is 0 Å². The van der Waals surface area contributed by atoms with Crippen molar-refractivity contribution in [3.63, 3.8) is 0 Å². The smallest absolute Gasteiger partial charge is 0.00787 e. The van der Waals surface area contributed by atoms with Crippen molar-refractivity contribution in [2.45, 2.75) is 44.6 Å². The standard InChI is InChI=1S/C15H24N2/c1-12-5-4-6-13(9-12)14-10-15(11-14)17-8-3-2-7-16/h4-6,9,14-15,17H,2-3,7-8,10-11,16H2,1H3. The molecule has 0 heterocycles. The van der Waals surface area contributed by atoms with Crippen LogP contribution in [0.25, 0.3) is 0 Å². The quantitative estimate of drug-likeness (QED) is 0.740. The van der Waals surface area contributed by atoms with Gasteiger partial charge in [0, 0.05) is 6.04 Å². The van der Waals surface area contributed by atoms with Crippen LogP contribution in [0.4, 0.5) is 0 Å². The molecule has 2 rings (SSSR count). The number of nitrogens with one attached hydrogen (secondary N) is 1. The van der Waals surface area contributed by atoms with Gasteiger partial charge in [-0.25, -0.2) is 0 Å². The molecule has 2 nitrogen and oxygen atoms in total. The molecule has 1 aromatic rings. The van der Waals surface area contributed by atoms with Crippen molar-refractivity contribution in [1.29, 1.82) is 0 Å². The van der Waals surface area contributed by atoms with E-state index in [0.717, 1.165) is 31.5 Å². The summed E-state index contributed by atoms with van der Waals surface area (Å²) >= 11 is 0. The Labute approximate surface area is 105 Å². The van der Waals surface area contributed by atoms with Crippen LogP contribution in [0.15, 0.2) is 24.3 Å². The number of unbranched alkanes of at least 4 members (excludes halogenated alkanes) is 1. The van der Waals surface area contributed by atoms with Crippen molar-refractivity contribution in [1.82, 2.24) is 5.32 Å². The SMILES string of the molecule is Cc1cccc(C2CC(NCCCCN)C2)c1. The molecule has 17 heavy (non-hydrogen) atoms. The highest BCUT2D eigenvalue weighted by molar-refractivity contribution is 5.27. The summed E-state index contributed by atoms with van der Waals surface area (Å²) in [5.74, 6) is 0.780. The molecule has 3 N–H and O–H groups in total. The molecule has 94 valence electrons.